The molecule has 1 aliphatic rings. The molecule has 0 unspecified atom stereocenters. The number of nitrogens with zero attached hydrogens (tertiary/aromatic N) is 5. The SMILES string of the molecule is O=C(c1cccnc1-c1ccncn1)N1CCC(O)(Cc2ccccn2)CC1. The summed E-state index contributed by atoms with van der Waals surface area (Å²) < 4.78 is 0. The van der Waals surface area contributed by atoms with Gasteiger partial charge in [-0.1, -0.05) is 6.07 Å². The predicted octanol–water partition coefficient (Wildman–Crippen LogP) is 2.14. The van der Waals surface area contributed by atoms with Crippen LogP contribution in [-0.4, -0.2) is 54.5 Å². The van der Waals surface area contributed by atoms with E-state index in [1.54, 1.807) is 41.7 Å². The van der Waals surface area contributed by atoms with Crippen molar-refractivity contribution < 1.29 is 9.90 Å². The quantitative estimate of drug-likeness (QED) is 0.751. The zero-order valence-electron chi connectivity index (χ0n) is 15.4. The summed E-state index contributed by atoms with van der Waals surface area (Å²) in [6.45, 7) is 0.973. The van der Waals surface area contributed by atoms with Crippen LogP contribution in [0.5, 0.6) is 0 Å². The summed E-state index contributed by atoms with van der Waals surface area (Å²) >= 11 is 0. The van der Waals surface area contributed by atoms with E-state index in [4.69, 9.17) is 0 Å². The molecule has 3 aromatic heterocycles. The number of aliphatic hydroxyl groups is 1. The molecule has 4 rings (SSSR count). The second-order valence-electron chi connectivity index (χ2n) is 7.01. The lowest BCUT2D eigenvalue weighted by Gasteiger charge is -2.38. The zero-order valence-corrected chi connectivity index (χ0v) is 15.4. The van der Waals surface area contributed by atoms with Gasteiger partial charge in [-0.05, 0) is 43.2 Å². The summed E-state index contributed by atoms with van der Waals surface area (Å²) in [5.41, 5.74) is 1.70. The van der Waals surface area contributed by atoms with Crippen molar-refractivity contribution >= 4 is 5.91 Å². The van der Waals surface area contributed by atoms with Crippen molar-refractivity contribution in [2.45, 2.75) is 24.9 Å². The molecule has 1 amide bonds. The van der Waals surface area contributed by atoms with Gasteiger partial charge in [0.2, 0.25) is 0 Å². The molecule has 7 nitrogen and oxygen atoms in total. The minimum Gasteiger partial charge on any atom is -0.389 e. The number of hydrogen-bond donors (Lipinski definition) is 1. The highest BCUT2D eigenvalue weighted by Crippen LogP contribution is 2.28. The van der Waals surface area contributed by atoms with Crippen molar-refractivity contribution in [1.82, 2.24) is 24.8 Å². The highest BCUT2D eigenvalue weighted by molar-refractivity contribution is 5.99. The number of likely N-dealkylation sites (tertiary alicyclic amines) is 1. The van der Waals surface area contributed by atoms with Gasteiger partial charge in [-0.25, -0.2) is 9.97 Å². The van der Waals surface area contributed by atoms with Gasteiger partial charge in [0, 0.05) is 43.8 Å². The van der Waals surface area contributed by atoms with Crippen LogP contribution in [-0.2, 0) is 6.42 Å². The van der Waals surface area contributed by atoms with E-state index >= 15 is 0 Å². The highest BCUT2D eigenvalue weighted by atomic mass is 16.3. The molecular formula is C21H21N5O2. The number of aromatic nitrogens is 4. The van der Waals surface area contributed by atoms with Gasteiger partial charge in [0.25, 0.3) is 5.91 Å². The van der Waals surface area contributed by atoms with Crippen molar-refractivity contribution in [2.75, 3.05) is 13.1 Å². The minimum atomic E-state index is -0.838. The monoisotopic (exact) mass is 375 g/mol. The van der Waals surface area contributed by atoms with Crippen molar-refractivity contribution in [1.29, 1.82) is 0 Å². The van der Waals surface area contributed by atoms with E-state index in [9.17, 15) is 9.90 Å². The van der Waals surface area contributed by atoms with Crippen LogP contribution in [0.15, 0.2) is 61.3 Å². The first-order valence-electron chi connectivity index (χ1n) is 9.28. The first-order chi connectivity index (χ1) is 13.6. The Bertz CT molecular complexity index is 941. The molecule has 0 atom stereocenters. The number of amides is 1. The third-order valence-corrected chi connectivity index (χ3v) is 5.08. The fourth-order valence-corrected chi connectivity index (χ4v) is 3.53. The Morgan fingerprint density at radius 2 is 1.82 bits per heavy atom. The highest BCUT2D eigenvalue weighted by Gasteiger charge is 2.35. The fraction of sp³-hybridized carbons (Fsp3) is 0.286. The van der Waals surface area contributed by atoms with Crippen LogP contribution < -0.4 is 0 Å². The summed E-state index contributed by atoms with van der Waals surface area (Å²) in [5, 5.41) is 10.9. The molecule has 7 heteroatoms. The Morgan fingerprint density at radius 1 is 1.00 bits per heavy atom. The Morgan fingerprint density at radius 3 is 2.54 bits per heavy atom. The van der Waals surface area contributed by atoms with Crippen molar-refractivity contribution in [3.05, 3.63) is 72.6 Å². The molecule has 1 N–H and O–H groups in total. The number of pyridine rings is 2. The largest absolute Gasteiger partial charge is 0.389 e. The van der Waals surface area contributed by atoms with Crippen molar-refractivity contribution in [3.63, 3.8) is 0 Å². The zero-order chi connectivity index (χ0) is 19.4. The van der Waals surface area contributed by atoms with Gasteiger partial charge in [0.05, 0.1) is 16.9 Å². The van der Waals surface area contributed by atoms with Gasteiger partial charge >= 0.3 is 0 Å². The number of carbonyl (C=O) groups excluding carboxylic acids is 1. The predicted molar refractivity (Wildman–Crippen MR) is 103 cm³/mol. The maximum atomic E-state index is 13.1. The van der Waals surface area contributed by atoms with E-state index in [2.05, 4.69) is 19.9 Å². The van der Waals surface area contributed by atoms with Crippen LogP contribution in [0.1, 0.15) is 28.9 Å². The second-order valence-corrected chi connectivity index (χ2v) is 7.01. The summed E-state index contributed by atoms with van der Waals surface area (Å²) in [6.07, 6.45) is 7.97. The Hall–Kier alpha value is -3.19. The third kappa shape index (κ3) is 3.89. The van der Waals surface area contributed by atoms with E-state index in [1.165, 1.54) is 6.33 Å². The van der Waals surface area contributed by atoms with Gasteiger partial charge in [-0.3, -0.25) is 14.8 Å². The molecule has 1 aliphatic heterocycles. The van der Waals surface area contributed by atoms with Crippen molar-refractivity contribution in [2.24, 2.45) is 0 Å². The maximum Gasteiger partial charge on any atom is 0.256 e. The van der Waals surface area contributed by atoms with Crippen LogP contribution in [0.3, 0.4) is 0 Å². The van der Waals surface area contributed by atoms with Crippen LogP contribution in [0.25, 0.3) is 11.4 Å². The van der Waals surface area contributed by atoms with Gasteiger partial charge in [0.15, 0.2) is 0 Å². The number of hydrogen-bond acceptors (Lipinski definition) is 6. The fourth-order valence-electron chi connectivity index (χ4n) is 3.53. The topological polar surface area (TPSA) is 92.1 Å². The van der Waals surface area contributed by atoms with Crippen LogP contribution in [0.2, 0.25) is 0 Å². The molecule has 0 aliphatic carbocycles. The van der Waals surface area contributed by atoms with E-state index in [-0.39, 0.29) is 5.91 Å². The summed E-state index contributed by atoms with van der Waals surface area (Å²) in [6, 6.07) is 10.9. The van der Waals surface area contributed by atoms with Crippen molar-refractivity contribution in [3.8, 4) is 11.4 Å². The van der Waals surface area contributed by atoms with E-state index in [0.717, 1.165) is 5.69 Å². The van der Waals surface area contributed by atoms with Gasteiger partial charge < -0.3 is 10.0 Å². The van der Waals surface area contributed by atoms with Gasteiger partial charge in [0.1, 0.15) is 12.0 Å². The molecule has 1 fully saturated rings. The summed E-state index contributed by atoms with van der Waals surface area (Å²) in [4.78, 5) is 31.7. The second kappa shape index (κ2) is 7.82. The van der Waals surface area contributed by atoms with Crippen LogP contribution in [0, 0.1) is 0 Å². The normalized spacial score (nSPS) is 16.0. The third-order valence-electron chi connectivity index (χ3n) is 5.08. The van der Waals surface area contributed by atoms with Gasteiger partial charge in [-0.15, -0.1) is 0 Å². The lowest BCUT2D eigenvalue weighted by Crippen LogP contribution is -2.48. The lowest BCUT2D eigenvalue weighted by molar-refractivity contribution is -0.0168. The first kappa shape index (κ1) is 18.2. The number of rotatable bonds is 4. The smallest absolute Gasteiger partial charge is 0.256 e. The Labute approximate surface area is 163 Å². The van der Waals surface area contributed by atoms with E-state index in [1.807, 2.05) is 18.2 Å². The minimum absolute atomic E-state index is 0.0957. The molecule has 4 heterocycles. The van der Waals surface area contributed by atoms with E-state index < -0.39 is 5.60 Å². The average molecular weight is 375 g/mol. The average Bonchev–Trinajstić information content (AvgIpc) is 2.75. The van der Waals surface area contributed by atoms with Crippen LogP contribution in [0.4, 0.5) is 0 Å². The standard InChI is InChI=1S/C21H21N5O2/c27-20(17-5-3-10-24-19(17)18-6-11-22-15-25-18)26-12-7-21(28,8-13-26)14-16-4-1-2-9-23-16/h1-6,9-11,15,28H,7-8,12-14H2. The Kier molecular flexibility index (Phi) is 5.08. The molecule has 0 bridgehead atoms. The molecule has 0 saturated carbocycles. The van der Waals surface area contributed by atoms with Gasteiger partial charge in [-0.2, -0.15) is 0 Å². The molecule has 3 aromatic rings. The number of carbonyl (C=O) groups is 1. The van der Waals surface area contributed by atoms with E-state index in [0.29, 0.717) is 49.3 Å². The molecule has 142 valence electrons. The molecular weight excluding hydrogens is 354 g/mol. The lowest BCUT2D eigenvalue weighted by atomic mass is 9.86. The molecule has 1 saturated heterocycles. The molecule has 0 aromatic carbocycles. The summed E-state index contributed by atoms with van der Waals surface area (Å²) in [7, 11) is 0. The first-order valence-corrected chi connectivity index (χ1v) is 9.28. The molecule has 0 spiro atoms. The molecule has 28 heavy (non-hydrogen) atoms. The Balaban J connectivity index is 1.48. The maximum absolute atomic E-state index is 13.1. The molecule has 0 radical (unpaired) electrons. The summed E-state index contributed by atoms with van der Waals surface area (Å²) in [5.74, 6) is -0.0957. The van der Waals surface area contributed by atoms with Crippen LogP contribution >= 0.6 is 0 Å². The number of piperidine rings is 1.